The number of nitrogens with one attached hydrogen (secondary N) is 1. The highest BCUT2D eigenvalue weighted by molar-refractivity contribution is 5.28. The summed E-state index contributed by atoms with van der Waals surface area (Å²) in [6, 6.07) is 10.4. The fourth-order valence-electron chi connectivity index (χ4n) is 2.54. The van der Waals surface area contributed by atoms with Gasteiger partial charge in [-0.1, -0.05) is 45.0 Å². The van der Waals surface area contributed by atoms with Crippen LogP contribution in [-0.2, 0) is 5.41 Å². The molecule has 0 aromatic heterocycles. The summed E-state index contributed by atoms with van der Waals surface area (Å²) in [6.07, 6.45) is 2.78. The zero-order valence-corrected chi connectivity index (χ0v) is 13.7. The van der Waals surface area contributed by atoms with Gasteiger partial charge in [0.15, 0.2) is 0 Å². The quantitative estimate of drug-likeness (QED) is 0.850. The maximum atomic E-state index is 3.63. The molecule has 0 amide bonds. The van der Waals surface area contributed by atoms with Crippen LogP contribution in [0.2, 0.25) is 0 Å². The summed E-state index contributed by atoms with van der Waals surface area (Å²) >= 11 is 0. The average molecular weight is 274 g/mol. The third kappa shape index (κ3) is 4.32. The van der Waals surface area contributed by atoms with Crippen molar-refractivity contribution < 1.29 is 0 Å². The molecule has 0 radical (unpaired) electrons. The second-order valence-corrected chi connectivity index (χ2v) is 7.26. The van der Waals surface area contributed by atoms with E-state index in [1.807, 2.05) is 0 Å². The highest BCUT2D eigenvalue weighted by Gasteiger charge is 2.25. The molecule has 1 aliphatic rings. The second kappa shape index (κ2) is 6.28. The van der Waals surface area contributed by atoms with Gasteiger partial charge in [-0.05, 0) is 43.4 Å². The van der Waals surface area contributed by atoms with E-state index in [4.69, 9.17) is 0 Å². The molecule has 2 heteroatoms. The van der Waals surface area contributed by atoms with Gasteiger partial charge in [0.25, 0.3) is 0 Å². The van der Waals surface area contributed by atoms with E-state index in [2.05, 4.69) is 69.2 Å². The summed E-state index contributed by atoms with van der Waals surface area (Å²) in [4.78, 5) is 2.47. The van der Waals surface area contributed by atoms with E-state index in [1.54, 1.807) is 0 Å². The van der Waals surface area contributed by atoms with Crippen molar-refractivity contribution in [3.8, 4) is 0 Å². The molecule has 1 saturated carbocycles. The Morgan fingerprint density at radius 1 is 1.20 bits per heavy atom. The van der Waals surface area contributed by atoms with Crippen LogP contribution in [0.5, 0.6) is 0 Å². The van der Waals surface area contributed by atoms with Crippen molar-refractivity contribution in [2.75, 3.05) is 20.1 Å². The number of rotatable bonds is 6. The van der Waals surface area contributed by atoms with Crippen LogP contribution in [0.25, 0.3) is 0 Å². The van der Waals surface area contributed by atoms with Crippen LogP contribution in [0.1, 0.15) is 57.7 Å². The number of hydrogen-bond donors (Lipinski definition) is 1. The molecule has 0 bridgehead atoms. The van der Waals surface area contributed by atoms with Gasteiger partial charge in [-0.3, -0.25) is 0 Å². The summed E-state index contributed by atoms with van der Waals surface area (Å²) in [7, 11) is 2.24. The Bertz CT molecular complexity index is 412. The molecule has 1 unspecified atom stereocenters. The van der Waals surface area contributed by atoms with Crippen molar-refractivity contribution >= 4 is 0 Å². The maximum absolute atomic E-state index is 3.63. The monoisotopic (exact) mass is 274 g/mol. The smallest absolute Gasteiger partial charge is 0.0292 e. The van der Waals surface area contributed by atoms with Crippen molar-refractivity contribution in [1.82, 2.24) is 10.2 Å². The van der Waals surface area contributed by atoms with Gasteiger partial charge in [-0.2, -0.15) is 0 Å². The lowest BCUT2D eigenvalue weighted by Gasteiger charge is -2.21. The van der Waals surface area contributed by atoms with Crippen LogP contribution in [0, 0.1) is 0 Å². The molecular weight excluding hydrogens is 244 g/mol. The summed E-state index contributed by atoms with van der Waals surface area (Å²) in [6.45, 7) is 11.2. The van der Waals surface area contributed by atoms with Crippen LogP contribution in [-0.4, -0.2) is 31.1 Å². The molecule has 2 nitrogen and oxygen atoms in total. The molecule has 1 atom stereocenters. The van der Waals surface area contributed by atoms with Gasteiger partial charge in [0.05, 0.1) is 0 Å². The van der Waals surface area contributed by atoms with Gasteiger partial charge >= 0.3 is 0 Å². The van der Waals surface area contributed by atoms with E-state index in [0.717, 1.165) is 19.1 Å². The highest BCUT2D eigenvalue weighted by atomic mass is 15.2. The van der Waals surface area contributed by atoms with Crippen molar-refractivity contribution in [2.45, 2.75) is 58.0 Å². The zero-order chi connectivity index (χ0) is 14.8. The molecule has 2 rings (SSSR count). The minimum absolute atomic E-state index is 0.238. The number of nitrogens with zero attached hydrogens (tertiary/aromatic N) is 1. The predicted octanol–water partition coefficient (Wildman–Crippen LogP) is 3.73. The molecule has 1 N–H and O–H groups in total. The Balaban J connectivity index is 1.81. The summed E-state index contributed by atoms with van der Waals surface area (Å²) < 4.78 is 0. The topological polar surface area (TPSA) is 15.3 Å². The van der Waals surface area contributed by atoms with E-state index in [1.165, 1.54) is 24.0 Å². The molecule has 0 saturated heterocycles. The molecule has 0 heterocycles. The maximum Gasteiger partial charge on any atom is 0.0292 e. The Morgan fingerprint density at radius 3 is 2.30 bits per heavy atom. The first kappa shape index (κ1) is 15.5. The molecule has 1 aromatic carbocycles. The minimum atomic E-state index is 0.238. The standard InChI is InChI=1S/C18H30N2/c1-14(19-12-13-20(5)17-10-11-17)15-6-8-16(9-7-15)18(2,3)4/h6-9,14,17,19H,10-13H2,1-5H3. The summed E-state index contributed by atoms with van der Waals surface area (Å²) in [5.41, 5.74) is 3.02. The van der Waals surface area contributed by atoms with Gasteiger partial charge in [-0.15, -0.1) is 0 Å². The van der Waals surface area contributed by atoms with E-state index in [0.29, 0.717) is 6.04 Å². The first-order valence-corrected chi connectivity index (χ1v) is 7.92. The SMILES string of the molecule is CC(NCCN(C)C1CC1)c1ccc(C(C)(C)C)cc1. The lowest BCUT2D eigenvalue weighted by atomic mass is 9.86. The van der Waals surface area contributed by atoms with Crippen molar-refractivity contribution in [2.24, 2.45) is 0 Å². The predicted molar refractivity (Wildman–Crippen MR) is 87.2 cm³/mol. The fourth-order valence-corrected chi connectivity index (χ4v) is 2.54. The molecule has 1 fully saturated rings. The third-order valence-electron chi connectivity index (χ3n) is 4.36. The first-order valence-electron chi connectivity index (χ1n) is 7.92. The number of likely N-dealkylation sites (N-methyl/N-ethyl adjacent to an activating group) is 1. The summed E-state index contributed by atoms with van der Waals surface area (Å²) in [5, 5.41) is 3.63. The Kier molecular flexibility index (Phi) is 4.87. The lowest BCUT2D eigenvalue weighted by Crippen LogP contribution is -2.32. The van der Waals surface area contributed by atoms with Crippen molar-refractivity contribution in [1.29, 1.82) is 0 Å². The van der Waals surface area contributed by atoms with Crippen LogP contribution in [0.3, 0.4) is 0 Å². The van der Waals surface area contributed by atoms with E-state index in [9.17, 15) is 0 Å². The summed E-state index contributed by atoms with van der Waals surface area (Å²) in [5.74, 6) is 0. The Labute approximate surface area is 124 Å². The first-order chi connectivity index (χ1) is 9.38. The highest BCUT2D eigenvalue weighted by Crippen LogP contribution is 2.25. The Morgan fingerprint density at radius 2 is 1.80 bits per heavy atom. The van der Waals surface area contributed by atoms with Gasteiger partial charge < -0.3 is 10.2 Å². The Hall–Kier alpha value is -0.860. The van der Waals surface area contributed by atoms with Gasteiger partial charge in [0, 0.05) is 25.2 Å². The molecule has 0 spiro atoms. The average Bonchev–Trinajstić information content (AvgIpc) is 3.22. The largest absolute Gasteiger partial charge is 0.309 e. The van der Waals surface area contributed by atoms with Gasteiger partial charge in [-0.25, -0.2) is 0 Å². The normalized spacial score (nSPS) is 17.5. The second-order valence-electron chi connectivity index (χ2n) is 7.26. The molecule has 1 aromatic rings. The number of hydrogen-bond acceptors (Lipinski definition) is 2. The van der Waals surface area contributed by atoms with E-state index < -0.39 is 0 Å². The molecule has 0 aliphatic heterocycles. The fraction of sp³-hybridized carbons (Fsp3) is 0.667. The van der Waals surface area contributed by atoms with Crippen LogP contribution in [0.4, 0.5) is 0 Å². The molecule has 20 heavy (non-hydrogen) atoms. The van der Waals surface area contributed by atoms with Crippen LogP contribution >= 0.6 is 0 Å². The third-order valence-corrected chi connectivity index (χ3v) is 4.36. The molecule has 1 aliphatic carbocycles. The number of benzene rings is 1. The van der Waals surface area contributed by atoms with Gasteiger partial charge in [0.2, 0.25) is 0 Å². The van der Waals surface area contributed by atoms with Crippen molar-refractivity contribution in [3.05, 3.63) is 35.4 Å². The van der Waals surface area contributed by atoms with E-state index in [-0.39, 0.29) is 5.41 Å². The van der Waals surface area contributed by atoms with Gasteiger partial charge in [0.1, 0.15) is 0 Å². The minimum Gasteiger partial charge on any atom is -0.309 e. The lowest BCUT2D eigenvalue weighted by molar-refractivity contribution is 0.316. The molecule has 112 valence electrons. The van der Waals surface area contributed by atoms with E-state index >= 15 is 0 Å². The van der Waals surface area contributed by atoms with Crippen LogP contribution < -0.4 is 5.32 Å². The van der Waals surface area contributed by atoms with Crippen LogP contribution in [0.15, 0.2) is 24.3 Å². The van der Waals surface area contributed by atoms with Crippen molar-refractivity contribution in [3.63, 3.8) is 0 Å². The zero-order valence-electron chi connectivity index (χ0n) is 13.7. The molecular formula is C18H30N2.